The number of halogens is 1. The largest absolute Gasteiger partial charge is 0.475 e. The second-order valence-electron chi connectivity index (χ2n) is 13.6. The molecule has 0 saturated carbocycles. The van der Waals surface area contributed by atoms with E-state index in [1.807, 2.05) is 12.1 Å². The van der Waals surface area contributed by atoms with E-state index in [0.29, 0.717) is 5.56 Å². The zero-order valence-electron chi connectivity index (χ0n) is 32.4. The number of rotatable bonds is 11. The first-order valence-electron chi connectivity index (χ1n) is 18.8. The summed E-state index contributed by atoms with van der Waals surface area (Å²) in [7, 11) is -8.36. The van der Waals surface area contributed by atoms with E-state index in [1.165, 1.54) is 28.8 Å². The number of amides is 1. The minimum absolute atomic E-state index is 0.00694. The minimum atomic E-state index is -4.82. The summed E-state index contributed by atoms with van der Waals surface area (Å²) in [5.41, 5.74) is 0.947. The van der Waals surface area contributed by atoms with Crippen LogP contribution in [0.2, 0.25) is 0 Å². The molecule has 0 radical (unpaired) electrons. The number of phosphoric acid groups is 2. The Balaban J connectivity index is 1.12. The van der Waals surface area contributed by atoms with E-state index in [9.17, 15) is 29.2 Å². The number of alkyl halides is 1. The van der Waals surface area contributed by atoms with Crippen molar-refractivity contribution in [3.63, 3.8) is 0 Å². The number of methoxy groups -OCH3 is 1. The van der Waals surface area contributed by atoms with Crippen LogP contribution in [0.5, 0.6) is 0 Å². The highest BCUT2D eigenvalue weighted by molar-refractivity contribution is 7.48. The number of anilines is 1. The average Bonchev–Trinajstić information content (AvgIpc) is 4.07. The lowest BCUT2D eigenvalue weighted by Gasteiger charge is -2.27. The van der Waals surface area contributed by atoms with Crippen molar-refractivity contribution in [1.29, 1.82) is 10.5 Å². The Hall–Kier alpha value is -5.62. The van der Waals surface area contributed by atoms with Crippen LogP contribution in [0, 0.1) is 22.7 Å². The number of benzene rings is 2. The maximum atomic E-state index is 16.9. The smallest absolute Gasteiger partial charge is 0.465 e. The molecule has 1 N–H and O–H groups in total. The maximum Gasteiger partial charge on any atom is 0.475 e. The van der Waals surface area contributed by atoms with Crippen LogP contribution in [0.3, 0.4) is 0 Å². The van der Waals surface area contributed by atoms with Gasteiger partial charge in [0.1, 0.15) is 30.2 Å². The fourth-order valence-electron chi connectivity index (χ4n) is 6.89. The molecule has 3 aliphatic rings. The lowest BCUT2D eigenvalue weighted by atomic mass is 10.1. The molecular weight excluding hydrogens is 861 g/mol. The van der Waals surface area contributed by atoms with E-state index in [0.717, 1.165) is 6.33 Å². The van der Waals surface area contributed by atoms with Crippen LogP contribution in [-0.4, -0.2) is 111 Å². The van der Waals surface area contributed by atoms with E-state index in [2.05, 4.69) is 30.6 Å². The standard InChI is InChI=1S/C36H35FN10O13P2/c1-52-36(49)23-10-5-11-24-28(23)44-45-47(24)34-25-16-22(57-34)17-55-62(51,54-15-7-13-39)60-30-26(18-56-61(50,59-25)53-14-6-12-38)58-35(27(30)37)46-20-42-29-31(40-19-41-32(29)46)43-33(48)21-8-3-2-4-9-21/h2-5,8-11,19-20,22,25-27,30,34-35H,6-7,14-18H2,1H3,(H,40,41,43,48)/t22-,25+,26+,27+,30+,34+,35+,61?,62?/m0/s1. The summed E-state index contributed by atoms with van der Waals surface area (Å²) in [6, 6.07) is 16.7. The second-order valence-corrected chi connectivity index (χ2v) is 16.9. The molecule has 2 bridgehead atoms. The summed E-state index contributed by atoms with van der Waals surface area (Å²) in [4.78, 5) is 38.2. The number of hydrogen-bond donors (Lipinski definition) is 1. The predicted molar refractivity (Wildman–Crippen MR) is 205 cm³/mol. The number of nitriles is 2. The molecule has 0 aliphatic carbocycles. The second kappa shape index (κ2) is 18.4. The van der Waals surface area contributed by atoms with Gasteiger partial charge in [0.2, 0.25) is 0 Å². The van der Waals surface area contributed by atoms with E-state index < -0.39 is 97.0 Å². The number of nitrogens with one attached hydrogen (secondary N) is 1. The third-order valence-electron chi connectivity index (χ3n) is 9.72. The van der Waals surface area contributed by atoms with Gasteiger partial charge in [-0.25, -0.2) is 37.9 Å². The van der Waals surface area contributed by atoms with Crippen molar-refractivity contribution in [2.45, 2.75) is 62.3 Å². The van der Waals surface area contributed by atoms with E-state index in [-0.39, 0.29) is 52.8 Å². The molecule has 5 aromatic rings. The van der Waals surface area contributed by atoms with Crippen LogP contribution in [-0.2, 0) is 50.5 Å². The zero-order chi connectivity index (χ0) is 43.4. The lowest BCUT2D eigenvalue weighted by molar-refractivity contribution is -0.0738. The van der Waals surface area contributed by atoms with Crippen LogP contribution in [0.15, 0.2) is 61.2 Å². The molecule has 3 aliphatic heterocycles. The normalized spacial score (nSPS) is 28.8. The molecule has 23 nitrogen and oxygen atoms in total. The Morgan fingerprint density at radius 3 is 2.39 bits per heavy atom. The van der Waals surface area contributed by atoms with Crippen molar-refractivity contribution in [3.8, 4) is 12.1 Å². The first-order valence-corrected chi connectivity index (χ1v) is 21.8. The Labute approximate surface area is 350 Å². The number of fused-ring (bicyclic) bond motifs is 5. The molecule has 2 unspecified atom stereocenters. The van der Waals surface area contributed by atoms with Gasteiger partial charge < -0.3 is 19.5 Å². The van der Waals surface area contributed by atoms with Crippen LogP contribution >= 0.6 is 15.6 Å². The van der Waals surface area contributed by atoms with Gasteiger partial charge in [-0.15, -0.1) is 5.10 Å². The third kappa shape index (κ3) is 8.84. The number of aromatic nitrogens is 7. The summed E-state index contributed by atoms with van der Waals surface area (Å²) in [6.07, 6.45) is -9.06. The number of nitrogens with zero attached hydrogens (tertiary/aromatic N) is 9. The molecule has 6 heterocycles. The van der Waals surface area contributed by atoms with Crippen LogP contribution in [0.4, 0.5) is 10.2 Å². The van der Waals surface area contributed by atoms with Gasteiger partial charge >= 0.3 is 21.6 Å². The number of esters is 1. The first kappa shape index (κ1) is 43.0. The van der Waals surface area contributed by atoms with E-state index in [4.69, 9.17) is 41.4 Å². The van der Waals surface area contributed by atoms with E-state index >= 15 is 4.39 Å². The molecule has 1 amide bonds. The summed E-state index contributed by atoms with van der Waals surface area (Å²) >= 11 is 0. The first-order chi connectivity index (χ1) is 30.0. The van der Waals surface area contributed by atoms with Gasteiger partial charge in [0.25, 0.3) is 5.91 Å². The Bertz CT molecular complexity index is 2640. The fourth-order valence-corrected chi connectivity index (χ4v) is 9.66. The SMILES string of the molecule is COC(=O)c1cccc2c1nnn2[C@@H]1O[C@@H]2COP(=O)(OCCC#N)O[C@H]3[C@@H](F)[C@H](n4cnc5c(NC(=O)c6ccccc6)ncnc54)O[C@@H]3COP(=O)(OCCC#N)O[C@@H]1C2. The van der Waals surface area contributed by atoms with Gasteiger partial charge in [0.05, 0.1) is 82.0 Å². The molecular formula is C36H35FN10O13P2. The lowest BCUT2D eigenvalue weighted by Crippen LogP contribution is -2.34. The van der Waals surface area contributed by atoms with Gasteiger partial charge in [0, 0.05) is 12.0 Å². The number of ether oxygens (including phenoxy) is 3. The van der Waals surface area contributed by atoms with Gasteiger partial charge in [-0.1, -0.05) is 29.5 Å². The molecule has 3 saturated heterocycles. The van der Waals surface area contributed by atoms with Crippen molar-refractivity contribution < 1.29 is 64.5 Å². The van der Waals surface area contributed by atoms with Crippen molar-refractivity contribution in [2.24, 2.45) is 0 Å². The average molecular weight is 897 g/mol. The summed E-state index contributed by atoms with van der Waals surface area (Å²) in [6.45, 7) is -2.20. The summed E-state index contributed by atoms with van der Waals surface area (Å²) in [5, 5.41) is 29.4. The highest BCUT2D eigenvalue weighted by Gasteiger charge is 2.54. The summed E-state index contributed by atoms with van der Waals surface area (Å²) < 4.78 is 100. The molecule has 0 spiro atoms. The molecule has 324 valence electrons. The molecule has 26 heteroatoms. The fraction of sp³-hybridized carbons (Fsp3) is 0.417. The molecule has 9 atom stereocenters. The Morgan fingerprint density at radius 2 is 1.65 bits per heavy atom. The molecule has 3 aromatic heterocycles. The highest BCUT2D eigenvalue weighted by Crippen LogP contribution is 2.58. The maximum absolute atomic E-state index is 16.9. The third-order valence-corrected chi connectivity index (χ3v) is 12.7. The number of hydrogen-bond acceptors (Lipinski definition) is 20. The van der Waals surface area contributed by atoms with Gasteiger partial charge in [-0.2, -0.15) is 10.5 Å². The Kier molecular flexibility index (Phi) is 12.8. The number of carbonyl (C=O) groups is 2. The van der Waals surface area contributed by atoms with E-state index in [1.54, 1.807) is 42.5 Å². The highest BCUT2D eigenvalue weighted by atomic mass is 31.2. The quantitative estimate of drug-likeness (QED) is 0.106. The minimum Gasteiger partial charge on any atom is -0.465 e. The zero-order valence-corrected chi connectivity index (χ0v) is 34.2. The number of carbonyl (C=O) groups excluding carboxylic acids is 2. The number of imidazole rings is 1. The molecule has 3 fully saturated rings. The van der Waals surface area contributed by atoms with Gasteiger partial charge in [-0.05, 0) is 24.3 Å². The van der Waals surface area contributed by atoms with Crippen molar-refractivity contribution in [2.75, 3.05) is 38.9 Å². The summed E-state index contributed by atoms with van der Waals surface area (Å²) in [5.74, 6) is -1.17. The molecule has 8 rings (SSSR count). The van der Waals surface area contributed by atoms with Gasteiger partial charge in [-0.3, -0.25) is 36.5 Å². The van der Waals surface area contributed by atoms with Gasteiger partial charge in [0.15, 0.2) is 35.6 Å². The van der Waals surface area contributed by atoms with Crippen molar-refractivity contribution in [3.05, 3.63) is 72.3 Å². The van der Waals surface area contributed by atoms with Crippen molar-refractivity contribution >= 4 is 55.5 Å². The topological polar surface area (TPSA) is 285 Å². The van der Waals surface area contributed by atoms with Crippen LogP contribution in [0.25, 0.3) is 22.2 Å². The van der Waals surface area contributed by atoms with Crippen LogP contribution in [0.1, 0.15) is 52.4 Å². The molecule has 2 aromatic carbocycles. The van der Waals surface area contributed by atoms with Crippen molar-refractivity contribution in [1.82, 2.24) is 34.5 Å². The monoisotopic (exact) mass is 896 g/mol. The van der Waals surface area contributed by atoms with Crippen LogP contribution < -0.4 is 5.32 Å². The Morgan fingerprint density at radius 1 is 0.903 bits per heavy atom. The predicted octanol–water partition coefficient (Wildman–Crippen LogP) is 4.73. The number of phosphoric ester groups is 2. The molecule has 62 heavy (non-hydrogen) atoms.